The highest BCUT2D eigenvalue weighted by Crippen LogP contribution is 2.38. The largest absolute Gasteiger partial charge is 0.493 e. The molecule has 112 valence electrons. The van der Waals surface area contributed by atoms with Gasteiger partial charge >= 0.3 is 0 Å². The molecule has 0 bridgehead atoms. The van der Waals surface area contributed by atoms with Gasteiger partial charge < -0.3 is 24.7 Å². The smallest absolute Gasteiger partial charge is 0.231 e. The first-order chi connectivity index (χ1) is 9.70. The molecule has 1 heterocycles. The van der Waals surface area contributed by atoms with Gasteiger partial charge in [0.1, 0.15) is 5.75 Å². The minimum Gasteiger partial charge on any atom is -0.493 e. The quantitative estimate of drug-likeness (QED) is 0.739. The fourth-order valence-corrected chi connectivity index (χ4v) is 2.09. The second-order valence-electron chi connectivity index (χ2n) is 4.89. The molecule has 1 aliphatic heterocycles. The van der Waals surface area contributed by atoms with Gasteiger partial charge in [-0.05, 0) is 31.9 Å². The van der Waals surface area contributed by atoms with E-state index in [1.54, 1.807) is 0 Å². The van der Waals surface area contributed by atoms with Crippen molar-refractivity contribution in [2.45, 2.75) is 32.7 Å². The minimum atomic E-state index is 0.0705. The Kier molecular flexibility index (Phi) is 5.49. The van der Waals surface area contributed by atoms with E-state index in [2.05, 4.69) is 0 Å². The molecule has 0 amide bonds. The Morgan fingerprint density at radius 3 is 2.70 bits per heavy atom. The van der Waals surface area contributed by atoms with Gasteiger partial charge in [0.2, 0.25) is 6.79 Å². The SMILES string of the molecule is CCOCCCOc1cc2c(cc1CC(C)N)OCO2. The maximum atomic E-state index is 5.89. The number of hydrogen-bond acceptors (Lipinski definition) is 5. The monoisotopic (exact) mass is 281 g/mol. The predicted octanol–water partition coefficient (Wildman–Crippen LogP) is 2.11. The Hall–Kier alpha value is -1.46. The van der Waals surface area contributed by atoms with Crippen LogP contribution in [-0.4, -0.2) is 32.7 Å². The van der Waals surface area contributed by atoms with Crippen molar-refractivity contribution >= 4 is 0 Å². The molecule has 1 aliphatic rings. The molecular formula is C15H23NO4. The first-order valence-electron chi connectivity index (χ1n) is 7.09. The third-order valence-corrected chi connectivity index (χ3v) is 2.99. The van der Waals surface area contributed by atoms with Crippen LogP contribution in [0.25, 0.3) is 0 Å². The normalized spacial score (nSPS) is 14.3. The number of nitrogens with two attached hydrogens (primary N) is 1. The molecule has 0 aromatic heterocycles. The molecule has 0 spiro atoms. The van der Waals surface area contributed by atoms with E-state index < -0.39 is 0 Å². The highest BCUT2D eigenvalue weighted by Gasteiger charge is 2.18. The highest BCUT2D eigenvalue weighted by molar-refractivity contribution is 5.52. The number of hydrogen-bond donors (Lipinski definition) is 1. The fourth-order valence-electron chi connectivity index (χ4n) is 2.09. The predicted molar refractivity (Wildman–Crippen MR) is 76.5 cm³/mol. The molecule has 0 aliphatic carbocycles. The second kappa shape index (κ2) is 7.36. The van der Waals surface area contributed by atoms with Crippen molar-refractivity contribution in [3.8, 4) is 17.2 Å². The Morgan fingerprint density at radius 2 is 2.00 bits per heavy atom. The lowest BCUT2D eigenvalue weighted by Crippen LogP contribution is -2.18. The van der Waals surface area contributed by atoms with Crippen LogP contribution in [0, 0.1) is 0 Å². The number of fused-ring (bicyclic) bond motifs is 1. The summed E-state index contributed by atoms with van der Waals surface area (Å²) in [4.78, 5) is 0. The third kappa shape index (κ3) is 4.02. The van der Waals surface area contributed by atoms with Crippen molar-refractivity contribution < 1.29 is 18.9 Å². The lowest BCUT2D eigenvalue weighted by Gasteiger charge is -2.14. The summed E-state index contributed by atoms with van der Waals surface area (Å²) in [6.07, 6.45) is 1.61. The molecule has 2 N–H and O–H groups in total. The Bertz CT molecular complexity index is 434. The van der Waals surface area contributed by atoms with E-state index in [-0.39, 0.29) is 12.8 Å². The van der Waals surface area contributed by atoms with E-state index in [4.69, 9.17) is 24.7 Å². The fraction of sp³-hybridized carbons (Fsp3) is 0.600. The lowest BCUT2D eigenvalue weighted by atomic mass is 10.1. The van der Waals surface area contributed by atoms with Crippen LogP contribution in [0.1, 0.15) is 25.8 Å². The maximum absolute atomic E-state index is 5.89. The summed E-state index contributed by atoms with van der Waals surface area (Å²) >= 11 is 0. The van der Waals surface area contributed by atoms with E-state index >= 15 is 0 Å². The van der Waals surface area contributed by atoms with Gasteiger partial charge in [0, 0.05) is 31.7 Å². The van der Waals surface area contributed by atoms with Gasteiger partial charge in [-0.3, -0.25) is 0 Å². The van der Waals surface area contributed by atoms with Crippen molar-refractivity contribution in [1.82, 2.24) is 0 Å². The zero-order valence-electron chi connectivity index (χ0n) is 12.2. The van der Waals surface area contributed by atoms with Crippen LogP contribution in [0.3, 0.4) is 0 Å². The zero-order valence-corrected chi connectivity index (χ0v) is 12.2. The van der Waals surface area contributed by atoms with Gasteiger partial charge in [-0.2, -0.15) is 0 Å². The first-order valence-corrected chi connectivity index (χ1v) is 7.09. The molecule has 5 heteroatoms. The standard InChI is InChI=1S/C15H23NO4/c1-3-17-5-4-6-18-13-9-15-14(19-10-20-15)8-12(13)7-11(2)16/h8-9,11H,3-7,10,16H2,1-2H3. The molecule has 1 aromatic rings. The molecule has 0 fully saturated rings. The Morgan fingerprint density at radius 1 is 1.25 bits per heavy atom. The minimum absolute atomic E-state index is 0.0705. The maximum Gasteiger partial charge on any atom is 0.231 e. The molecule has 2 rings (SSSR count). The summed E-state index contributed by atoms with van der Waals surface area (Å²) in [5.41, 5.74) is 6.94. The summed E-state index contributed by atoms with van der Waals surface area (Å²) in [6.45, 7) is 6.29. The van der Waals surface area contributed by atoms with E-state index in [1.165, 1.54) is 0 Å². The molecule has 1 atom stereocenters. The number of ether oxygens (including phenoxy) is 4. The van der Waals surface area contributed by atoms with E-state index in [1.807, 2.05) is 26.0 Å². The molecule has 1 unspecified atom stereocenters. The Balaban J connectivity index is 2.01. The van der Waals surface area contributed by atoms with Crippen LogP contribution < -0.4 is 19.9 Å². The van der Waals surface area contributed by atoms with Gasteiger partial charge in [0.15, 0.2) is 11.5 Å². The van der Waals surface area contributed by atoms with Crippen molar-refractivity contribution in [2.24, 2.45) is 5.73 Å². The van der Waals surface area contributed by atoms with Crippen LogP contribution in [0.15, 0.2) is 12.1 Å². The Labute approximate surface area is 120 Å². The molecular weight excluding hydrogens is 258 g/mol. The van der Waals surface area contributed by atoms with Gasteiger partial charge in [0.25, 0.3) is 0 Å². The first kappa shape index (κ1) is 14.9. The van der Waals surface area contributed by atoms with Gasteiger partial charge in [0.05, 0.1) is 6.61 Å². The molecule has 0 saturated heterocycles. The summed E-state index contributed by atoms with van der Waals surface area (Å²) in [6, 6.07) is 3.92. The van der Waals surface area contributed by atoms with E-state index in [0.29, 0.717) is 13.2 Å². The summed E-state index contributed by atoms with van der Waals surface area (Å²) in [5.74, 6) is 2.32. The van der Waals surface area contributed by atoms with Crippen molar-refractivity contribution in [3.05, 3.63) is 17.7 Å². The van der Waals surface area contributed by atoms with Gasteiger partial charge in [-0.25, -0.2) is 0 Å². The highest BCUT2D eigenvalue weighted by atomic mass is 16.7. The van der Waals surface area contributed by atoms with Crippen molar-refractivity contribution in [2.75, 3.05) is 26.6 Å². The molecule has 0 radical (unpaired) electrons. The van der Waals surface area contributed by atoms with Crippen LogP contribution in [0.4, 0.5) is 0 Å². The lowest BCUT2D eigenvalue weighted by molar-refractivity contribution is 0.130. The van der Waals surface area contributed by atoms with E-state index in [0.717, 1.165) is 42.3 Å². The average molecular weight is 281 g/mol. The van der Waals surface area contributed by atoms with Crippen LogP contribution >= 0.6 is 0 Å². The van der Waals surface area contributed by atoms with Crippen molar-refractivity contribution in [3.63, 3.8) is 0 Å². The summed E-state index contributed by atoms with van der Waals surface area (Å²) < 4.78 is 21.9. The van der Waals surface area contributed by atoms with Gasteiger partial charge in [-0.1, -0.05) is 0 Å². The van der Waals surface area contributed by atoms with Crippen molar-refractivity contribution in [1.29, 1.82) is 0 Å². The van der Waals surface area contributed by atoms with Gasteiger partial charge in [-0.15, -0.1) is 0 Å². The molecule has 5 nitrogen and oxygen atoms in total. The number of benzene rings is 1. The molecule has 20 heavy (non-hydrogen) atoms. The van der Waals surface area contributed by atoms with Crippen LogP contribution in [-0.2, 0) is 11.2 Å². The molecule has 1 aromatic carbocycles. The third-order valence-electron chi connectivity index (χ3n) is 2.99. The summed E-state index contributed by atoms with van der Waals surface area (Å²) in [5, 5.41) is 0. The second-order valence-corrected chi connectivity index (χ2v) is 4.89. The average Bonchev–Trinajstić information content (AvgIpc) is 2.85. The van der Waals surface area contributed by atoms with Crippen LogP contribution in [0.2, 0.25) is 0 Å². The van der Waals surface area contributed by atoms with E-state index in [9.17, 15) is 0 Å². The number of rotatable bonds is 8. The zero-order chi connectivity index (χ0) is 14.4. The summed E-state index contributed by atoms with van der Waals surface area (Å²) in [7, 11) is 0. The topological polar surface area (TPSA) is 62.9 Å². The van der Waals surface area contributed by atoms with Crippen LogP contribution in [0.5, 0.6) is 17.2 Å². The molecule has 0 saturated carbocycles.